The van der Waals surface area contributed by atoms with Gasteiger partial charge in [-0.25, -0.2) is 19.2 Å². The molecule has 0 atom stereocenters. The Labute approximate surface area is 784 Å². The second-order valence-corrected chi connectivity index (χ2v) is 43.1. The maximum absolute atomic E-state index is 12.7. The highest BCUT2D eigenvalue weighted by atomic mass is 32.2. The summed E-state index contributed by atoms with van der Waals surface area (Å²) in [5.41, 5.74) is 6.85. The number of hydrogen-bond donors (Lipinski definition) is 0. The van der Waals surface area contributed by atoms with Gasteiger partial charge in [0.25, 0.3) is 0 Å². The Balaban J connectivity index is 0.000000157. The largest absolute Gasteiger partial charge is 0.481 e. The molecule has 3 fully saturated rings. The summed E-state index contributed by atoms with van der Waals surface area (Å²) in [6, 6.07) is 102. The first-order valence-electron chi connectivity index (χ1n) is 46.0. The Morgan fingerprint density at radius 1 is 0.246 bits per heavy atom. The standard InChI is InChI=1S/C30H35O3S.2C29H33O3S.C26H29O3S/c1-4-30(18-12-7-13-19-30)33-28(31)22-32-29-23(2)20-27(21-24(29)3)34(25-14-8-5-9-15-25)26-16-10-6-11-17-26;2*1-4-29(17-11-12-18-29)32-27(30)21-31-28-22(2)19-26(20-23(28)3)33(24-13-7-5-8-14-24)25-15-9-6-10-16-25;1-19-16-23(17-20(2)25(19)28-18-24(27)29-26(3,4)5)30(21-12-8-6-9-13-21)22-14-10-7-11-15-22/h5-6,8-11,14-17,20-21H,4,7,12-13,18-19,22H2,1-3H3;2*5-10,13-16,19-20H,4,11-12,17-18,21H2,1-3H3;6-17H,18H2,1-5H3/q4*+1. The van der Waals surface area contributed by atoms with E-state index < -0.39 is 5.60 Å². The van der Waals surface area contributed by atoms with Crippen LogP contribution < -0.4 is 18.9 Å². The second kappa shape index (κ2) is 47.3. The summed E-state index contributed by atoms with van der Waals surface area (Å²) in [6.45, 7) is 28.0. The van der Waals surface area contributed by atoms with E-state index in [-0.39, 0.29) is 111 Å². The van der Waals surface area contributed by atoms with Gasteiger partial charge in [0.2, 0.25) is 0 Å². The molecule has 0 aromatic heterocycles. The Morgan fingerprint density at radius 3 is 0.569 bits per heavy atom. The van der Waals surface area contributed by atoms with Crippen molar-refractivity contribution in [2.45, 2.75) is 281 Å². The Bertz CT molecular complexity index is 5190. The van der Waals surface area contributed by atoms with Gasteiger partial charge in [-0.15, -0.1) is 0 Å². The van der Waals surface area contributed by atoms with Crippen molar-refractivity contribution in [2.24, 2.45) is 0 Å². The maximum atomic E-state index is 12.7. The van der Waals surface area contributed by atoms with Crippen LogP contribution in [0.4, 0.5) is 0 Å². The van der Waals surface area contributed by atoms with Gasteiger partial charge in [0, 0.05) is 48.5 Å². The summed E-state index contributed by atoms with van der Waals surface area (Å²) in [5.74, 6) is 1.91. The van der Waals surface area contributed by atoms with Gasteiger partial charge >= 0.3 is 23.9 Å². The molecule has 3 aliphatic carbocycles. The van der Waals surface area contributed by atoms with Crippen molar-refractivity contribution in [2.75, 3.05) is 26.4 Å². The lowest BCUT2D eigenvalue weighted by atomic mass is 9.83. The average Bonchev–Trinajstić information content (AvgIpc) is 1.21. The molecule has 0 unspecified atom stereocenters. The molecule has 130 heavy (non-hydrogen) atoms. The predicted octanol–water partition coefficient (Wildman–Crippen LogP) is 27.6. The summed E-state index contributed by atoms with van der Waals surface area (Å²) in [7, 11) is -0.859. The smallest absolute Gasteiger partial charge is 0.344 e. The van der Waals surface area contributed by atoms with E-state index in [0.29, 0.717) is 0 Å². The minimum atomic E-state index is -0.520. The molecular formula is C114H130O12S4+4. The molecule has 12 aromatic carbocycles. The lowest BCUT2D eigenvalue weighted by Crippen LogP contribution is -2.38. The quantitative estimate of drug-likeness (QED) is 0.0240. The van der Waals surface area contributed by atoms with Crippen LogP contribution in [0, 0.1) is 55.4 Å². The van der Waals surface area contributed by atoms with Crippen LogP contribution in [0.25, 0.3) is 0 Å². The number of ether oxygens (including phenoxy) is 8. The number of esters is 4. The van der Waals surface area contributed by atoms with Gasteiger partial charge in [0.15, 0.2) is 85.2 Å². The van der Waals surface area contributed by atoms with Crippen LogP contribution >= 0.6 is 0 Å². The number of carbonyl (C=O) groups is 4. The summed E-state index contributed by atoms with van der Waals surface area (Å²) in [6.07, 6.45) is 16.4. The molecule has 3 saturated carbocycles. The van der Waals surface area contributed by atoms with E-state index in [1.807, 2.05) is 46.8 Å². The monoisotopic (exact) mass is 1820 g/mol. The zero-order chi connectivity index (χ0) is 92.2. The molecule has 15 rings (SSSR count). The lowest BCUT2D eigenvalue weighted by Gasteiger charge is -2.35. The van der Waals surface area contributed by atoms with Gasteiger partial charge in [-0.2, -0.15) is 0 Å². The summed E-state index contributed by atoms with van der Waals surface area (Å²) < 4.78 is 46.9. The number of rotatable bonds is 30. The van der Waals surface area contributed by atoms with E-state index >= 15 is 0 Å². The molecule has 678 valence electrons. The van der Waals surface area contributed by atoms with Crippen molar-refractivity contribution in [1.82, 2.24) is 0 Å². The van der Waals surface area contributed by atoms with Crippen LogP contribution in [0.1, 0.15) is 189 Å². The summed E-state index contributed by atoms with van der Waals surface area (Å²) >= 11 is 0. The third kappa shape index (κ3) is 26.9. The zero-order valence-electron chi connectivity index (χ0n) is 78.4. The number of benzene rings is 12. The molecule has 0 amide bonds. The van der Waals surface area contributed by atoms with Crippen molar-refractivity contribution in [3.05, 3.63) is 336 Å². The number of hydrogen-bond acceptors (Lipinski definition) is 12. The minimum Gasteiger partial charge on any atom is -0.481 e. The molecule has 16 heteroatoms. The van der Waals surface area contributed by atoms with Gasteiger partial charge in [-0.3, -0.25) is 0 Å². The molecule has 12 aromatic rings. The SMILES string of the molecule is CCC1(OC(=O)COc2c(C)cc([S+](c3ccccc3)c3ccccc3)cc2C)CCCC1.CCC1(OC(=O)COc2c(C)cc([S+](c3ccccc3)c3ccccc3)cc2C)CCCC1.CCC1(OC(=O)COc2c(C)cc([S+](c3ccccc3)c3ccccc3)cc2C)CCCCC1.Cc1cc([S+](c2ccccc2)c2ccccc2)cc(C)c1OCC(=O)OC(C)(C)C. The minimum absolute atomic E-state index is 0.0497. The van der Waals surface area contributed by atoms with Crippen molar-refractivity contribution in [3.8, 4) is 23.0 Å². The molecule has 0 spiro atoms. The van der Waals surface area contributed by atoms with Gasteiger partial charge < -0.3 is 37.9 Å². The molecule has 0 bridgehead atoms. The summed E-state index contributed by atoms with van der Waals surface area (Å²) in [4.78, 5) is 65.0. The highest BCUT2D eigenvalue weighted by Crippen LogP contribution is 2.44. The van der Waals surface area contributed by atoms with E-state index in [1.54, 1.807) is 0 Å². The van der Waals surface area contributed by atoms with Crippen LogP contribution in [0.15, 0.2) is 350 Å². The molecule has 0 saturated heterocycles. The van der Waals surface area contributed by atoms with Crippen LogP contribution in [0.2, 0.25) is 0 Å². The highest BCUT2D eigenvalue weighted by molar-refractivity contribution is 7.98. The lowest BCUT2D eigenvalue weighted by molar-refractivity contribution is -0.166. The third-order valence-corrected chi connectivity index (χ3v) is 32.8. The molecule has 0 radical (unpaired) electrons. The van der Waals surface area contributed by atoms with E-state index in [9.17, 15) is 19.2 Å². The van der Waals surface area contributed by atoms with E-state index in [4.69, 9.17) is 37.9 Å². The fourth-order valence-electron chi connectivity index (χ4n) is 17.6. The van der Waals surface area contributed by atoms with Crippen LogP contribution in [-0.2, 0) is 81.7 Å². The first-order chi connectivity index (χ1) is 62.8. The molecular weight excluding hydrogens is 1690 g/mol. The highest BCUT2D eigenvalue weighted by Gasteiger charge is 2.41. The van der Waals surface area contributed by atoms with Gasteiger partial charge in [-0.05, 0) is 314 Å². The Morgan fingerprint density at radius 2 is 0.408 bits per heavy atom. The molecule has 0 N–H and O–H groups in total. The van der Waals surface area contributed by atoms with E-state index in [0.717, 1.165) is 164 Å². The zero-order valence-corrected chi connectivity index (χ0v) is 81.7. The Kier molecular flexibility index (Phi) is 35.7. The predicted molar refractivity (Wildman–Crippen MR) is 529 cm³/mol. The van der Waals surface area contributed by atoms with Crippen molar-refractivity contribution in [1.29, 1.82) is 0 Å². The first kappa shape index (κ1) is 98.2. The van der Waals surface area contributed by atoms with Gasteiger partial charge in [0.1, 0.15) is 45.4 Å². The molecule has 12 nitrogen and oxygen atoms in total. The normalized spacial score (nSPS) is 14.2. The van der Waals surface area contributed by atoms with Crippen LogP contribution in [0.5, 0.6) is 23.0 Å². The second-order valence-electron chi connectivity index (χ2n) is 35.0. The number of carbonyl (C=O) groups excluding carboxylic acids is 4. The molecule has 0 aliphatic heterocycles. The maximum Gasteiger partial charge on any atom is 0.344 e. The third-order valence-electron chi connectivity index (χ3n) is 24.0. The van der Waals surface area contributed by atoms with Gasteiger partial charge in [-0.1, -0.05) is 173 Å². The number of aryl methyl sites for hydroxylation is 8. The molecule has 0 heterocycles. The van der Waals surface area contributed by atoms with E-state index in [2.05, 4.69) is 341 Å². The van der Waals surface area contributed by atoms with E-state index in [1.165, 1.54) is 65.2 Å². The van der Waals surface area contributed by atoms with Crippen LogP contribution in [0.3, 0.4) is 0 Å². The van der Waals surface area contributed by atoms with Crippen molar-refractivity contribution >= 4 is 67.5 Å². The van der Waals surface area contributed by atoms with Crippen molar-refractivity contribution < 1.29 is 57.1 Å². The Hall–Kier alpha value is -10.9. The molecule has 3 aliphatic rings. The van der Waals surface area contributed by atoms with Crippen molar-refractivity contribution in [3.63, 3.8) is 0 Å². The first-order valence-corrected chi connectivity index (χ1v) is 50.9. The fraction of sp³-hybridized carbons (Fsp3) is 0.333. The topological polar surface area (TPSA) is 142 Å². The van der Waals surface area contributed by atoms with Gasteiger partial charge in [0.05, 0.1) is 43.6 Å². The van der Waals surface area contributed by atoms with Crippen LogP contribution in [-0.4, -0.2) is 72.7 Å². The average molecular weight is 1820 g/mol. The summed E-state index contributed by atoms with van der Waals surface area (Å²) in [5, 5.41) is 0. The fourth-order valence-corrected chi connectivity index (χ4v) is 26.7.